The smallest absolute Gasteiger partial charge is 0.167 e. The molecular formula is C63H36N4O2. The van der Waals surface area contributed by atoms with E-state index in [0.29, 0.717) is 23.1 Å². The van der Waals surface area contributed by atoms with Gasteiger partial charge in [0.1, 0.15) is 22.3 Å². The van der Waals surface area contributed by atoms with Gasteiger partial charge in [-0.3, -0.25) is 0 Å². The SMILES string of the molecule is c1ccc(-c2cccc(-c3nc(-c4cc(-n5c6cc7ccccc7cc6c6cc7ccccc7cc65)cc5c4oc4ccc6ccccc6c45)nc(-c4cccc5oc6ccccc6c45)n3)c2)cc1. The lowest BCUT2D eigenvalue weighted by Crippen LogP contribution is -2.02. The van der Waals surface area contributed by atoms with E-state index in [2.05, 4.69) is 187 Å². The van der Waals surface area contributed by atoms with Crippen LogP contribution in [0.2, 0.25) is 0 Å². The third kappa shape index (κ3) is 5.82. The van der Waals surface area contributed by atoms with Gasteiger partial charge < -0.3 is 13.4 Å². The van der Waals surface area contributed by atoms with Gasteiger partial charge >= 0.3 is 0 Å². The normalized spacial score (nSPS) is 12.1. The Morgan fingerprint density at radius 3 is 1.62 bits per heavy atom. The summed E-state index contributed by atoms with van der Waals surface area (Å²) in [5, 5.41) is 13.3. The van der Waals surface area contributed by atoms with Crippen molar-refractivity contribution in [2.75, 3.05) is 0 Å². The molecule has 15 rings (SSSR count). The Morgan fingerprint density at radius 1 is 0.304 bits per heavy atom. The van der Waals surface area contributed by atoms with E-state index in [-0.39, 0.29) is 0 Å². The predicted octanol–water partition coefficient (Wildman–Crippen LogP) is 16.9. The van der Waals surface area contributed by atoms with Gasteiger partial charge in [0.25, 0.3) is 0 Å². The van der Waals surface area contributed by atoms with E-state index in [1.807, 2.05) is 36.4 Å². The standard InChI is InChI=1S/C63H36N4O2/c1-2-14-37(15-3-1)39-21-12-22-44(30-39)61-64-62(48-25-13-27-56-59(48)47-24-10-11-26-55(47)68-56)66-63(65-61)52-36-45(35-51-58-46-23-9-8-16-38(46)28-29-57(58)69-60(51)52)67-53-33-42-19-6-4-17-40(42)31-49(53)50-32-41-18-5-7-20-43(41)34-54(50)67/h1-36H. The second-order valence-electron chi connectivity index (χ2n) is 17.9. The van der Waals surface area contributed by atoms with Crippen molar-refractivity contribution >= 4 is 98.0 Å². The predicted molar refractivity (Wildman–Crippen MR) is 283 cm³/mol. The van der Waals surface area contributed by atoms with Crippen LogP contribution in [0.1, 0.15) is 0 Å². The highest BCUT2D eigenvalue weighted by Crippen LogP contribution is 2.44. The number of benzene rings is 11. The Hall–Kier alpha value is -9.39. The fraction of sp³-hybridized carbons (Fsp3) is 0. The van der Waals surface area contributed by atoms with Crippen molar-refractivity contribution in [1.29, 1.82) is 0 Å². The van der Waals surface area contributed by atoms with Crippen molar-refractivity contribution in [3.05, 3.63) is 218 Å². The van der Waals surface area contributed by atoms with Crippen molar-refractivity contribution < 1.29 is 8.83 Å². The van der Waals surface area contributed by atoms with Crippen LogP contribution in [0.4, 0.5) is 0 Å². The molecule has 15 aromatic rings. The zero-order chi connectivity index (χ0) is 45.2. The molecule has 0 aliphatic rings. The van der Waals surface area contributed by atoms with Crippen LogP contribution in [0.15, 0.2) is 227 Å². The average molecular weight is 881 g/mol. The molecule has 0 unspecified atom stereocenters. The highest BCUT2D eigenvalue weighted by Gasteiger charge is 2.24. The van der Waals surface area contributed by atoms with Crippen molar-refractivity contribution in [3.8, 4) is 51.0 Å². The zero-order valence-corrected chi connectivity index (χ0v) is 36.9. The maximum absolute atomic E-state index is 7.07. The van der Waals surface area contributed by atoms with Gasteiger partial charge in [-0.25, -0.2) is 15.0 Å². The van der Waals surface area contributed by atoms with E-state index in [1.54, 1.807) is 0 Å². The van der Waals surface area contributed by atoms with E-state index in [1.165, 1.54) is 32.3 Å². The summed E-state index contributed by atoms with van der Waals surface area (Å²) in [5.74, 6) is 1.58. The summed E-state index contributed by atoms with van der Waals surface area (Å²) in [7, 11) is 0. The lowest BCUT2D eigenvalue weighted by Gasteiger charge is -2.14. The fourth-order valence-electron chi connectivity index (χ4n) is 10.8. The highest BCUT2D eigenvalue weighted by molar-refractivity contribution is 6.22. The molecule has 0 saturated carbocycles. The molecule has 0 fully saturated rings. The van der Waals surface area contributed by atoms with Crippen LogP contribution in [0, 0.1) is 0 Å². The van der Waals surface area contributed by atoms with E-state index in [9.17, 15) is 0 Å². The third-order valence-electron chi connectivity index (χ3n) is 14.0. The van der Waals surface area contributed by atoms with Crippen LogP contribution in [-0.2, 0) is 0 Å². The first-order valence-electron chi connectivity index (χ1n) is 23.2. The number of nitrogens with zero attached hydrogens (tertiary/aromatic N) is 4. The second-order valence-corrected chi connectivity index (χ2v) is 17.9. The monoisotopic (exact) mass is 880 g/mol. The largest absolute Gasteiger partial charge is 0.456 e. The fourth-order valence-corrected chi connectivity index (χ4v) is 10.8. The minimum Gasteiger partial charge on any atom is -0.456 e. The average Bonchev–Trinajstić information content (AvgIpc) is 4.09. The van der Waals surface area contributed by atoms with E-state index in [4.69, 9.17) is 23.8 Å². The molecule has 6 heteroatoms. The summed E-state index contributed by atoms with van der Waals surface area (Å²) in [4.78, 5) is 16.3. The molecule has 0 bridgehead atoms. The first-order valence-corrected chi connectivity index (χ1v) is 23.2. The summed E-state index contributed by atoms with van der Waals surface area (Å²) < 4.78 is 15.9. The Balaban J connectivity index is 1.08. The number of aromatic nitrogens is 4. The lowest BCUT2D eigenvalue weighted by atomic mass is 10.0. The molecule has 69 heavy (non-hydrogen) atoms. The number of furan rings is 2. The summed E-state index contributed by atoms with van der Waals surface area (Å²) >= 11 is 0. The molecule has 11 aromatic carbocycles. The first-order chi connectivity index (χ1) is 34.2. The van der Waals surface area contributed by atoms with E-state index in [0.717, 1.165) is 93.6 Å². The summed E-state index contributed by atoms with van der Waals surface area (Å²) in [6.07, 6.45) is 0. The molecule has 0 radical (unpaired) electrons. The van der Waals surface area contributed by atoms with Crippen LogP contribution in [0.5, 0.6) is 0 Å². The maximum atomic E-state index is 7.07. The van der Waals surface area contributed by atoms with Gasteiger partial charge in [-0.1, -0.05) is 158 Å². The summed E-state index contributed by atoms with van der Waals surface area (Å²) in [6, 6.07) is 77.0. The number of para-hydroxylation sites is 1. The van der Waals surface area contributed by atoms with Gasteiger partial charge in [-0.05, 0) is 104 Å². The molecule has 0 N–H and O–H groups in total. The third-order valence-corrected chi connectivity index (χ3v) is 14.0. The maximum Gasteiger partial charge on any atom is 0.167 e. The van der Waals surface area contributed by atoms with Crippen LogP contribution < -0.4 is 0 Å². The van der Waals surface area contributed by atoms with Gasteiger partial charge in [-0.2, -0.15) is 0 Å². The molecule has 320 valence electrons. The quantitative estimate of drug-likeness (QED) is 0.172. The molecular weight excluding hydrogens is 845 g/mol. The molecule has 0 saturated heterocycles. The Labute approximate surface area is 394 Å². The molecule has 0 spiro atoms. The van der Waals surface area contributed by atoms with Crippen molar-refractivity contribution in [3.63, 3.8) is 0 Å². The van der Waals surface area contributed by atoms with Crippen LogP contribution >= 0.6 is 0 Å². The molecule has 4 heterocycles. The van der Waals surface area contributed by atoms with Crippen molar-refractivity contribution in [2.24, 2.45) is 0 Å². The van der Waals surface area contributed by atoms with E-state index < -0.39 is 0 Å². The molecule has 0 atom stereocenters. The number of fused-ring (bicyclic) bond motifs is 13. The number of rotatable bonds is 5. The minimum absolute atomic E-state index is 0.497. The Morgan fingerprint density at radius 2 is 0.870 bits per heavy atom. The Kier molecular flexibility index (Phi) is 7.97. The first kappa shape index (κ1) is 37.8. The molecule has 0 amide bonds. The minimum atomic E-state index is 0.497. The topological polar surface area (TPSA) is 69.9 Å². The molecule has 0 aliphatic heterocycles. The van der Waals surface area contributed by atoms with Crippen molar-refractivity contribution in [1.82, 2.24) is 19.5 Å². The van der Waals surface area contributed by atoms with Crippen LogP contribution in [0.25, 0.3) is 149 Å². The van der Waals surface area contributed by atoms with E-state index >= 15 is 0 Å². The van der Waals surface area contributed by atoms with Gasteiger partial charge in [0.15, 0.2) is 17.5 Å². The molecule has 6 nitrogen and oxygen atoms in total. The van der Waals surface area contributed by atoms with Crippen LogP contribution in [0.3, 0.4) is 0 Å². The van der Waals surface area contributed by atoms with Gasteiger partial charge in [0.2, 0.25) is 0 Å². The number of hydrogen-bond acceptors (Lipinski definition) is 5. The van der Waals surface area contributed by atoms with Crippen LogP contribution in [-0.4, -0.2) is 19.5 Å². The summed E-state index contributed by atoms with van der Waals surface area (Å²) in [6.45, 7) is 0. The molecule has 4 aromatic heterocycles. The zero-order valence-electron chi connectivity index (χ0n) is 36.9. The lowest BCUT2D eigenvalue weighted by molar-refractivity contribution is 0.668. The van der Waals surface area contributed by atoms with Gasteiger partial charge in [0, 0.05) is 49.1 Å². The van der Waals surface area contributed by atoms with Gasteiger partial charge in [-0.15, -0.1) is 0 Å². The Bertz CT molecular complexity index is 4530. The van der Waals surface area contributed by atoms with Crippen molar-refractivity contribution in [2.45, 2.75) is 0 Å². The second kappa shape index (κ2) is 14.6. The molecule has 0 aliphatic carbocycles. The van der Waals surface area contributed by atoms with Gasteiger partial charge in [0.05, 0.1) is 16.6 Å². The number of hydrogen-bond donors (Lipinski definition) is 0. The highest BCUT2D eigenvalue weighted by atomic mass is 16.3. The summed E-state index contributed by atoms with van der Waals surface area (Å²) in [5.41, 5.74) is 10.9.